The zero-order valence-corrected chi connectivity index (χ0v) is 10.6. The van der Waals surface area contributed by atoms with Gasteiger partial charge >= 0.3 is 0 Å². The van der Waals surface area contributed by atoms with Crippen LogP contribution in [0.3, 0.4) is 0 Å². The van der Waals surface area contributed by atoms with E-state index in [4.69, 9.17) is 0 Å². The van der Waals surface area contributed by atoms with E-state index in [0.717, 1.165) is 0 Å². The normalized spacial score (nSPS) is 11.6. The van der Waals surface area contributed by atoms with Crippen molar-refractivity contribution in [2.75, 3.05) is 19.3 Å². The molecule has 0 saturated heterocycles. The van der Waals surface area contributed by atoms with Crippen LogP contribution in [0.5, 0.6) is 0 Å². The zero-order valence-electron chi connectivity index (χ0n) is 9.74. The average molecular weight is 260 g/mol. The third-order valence-electron chi connectivity index (χ3n) is 2.23. The van der Waals surface area contributed by atoms with Gasteiger partial charge in [0.2, 0.25) is 10.0 Å². The van der Waals surface area contributed by atoms with Crippen LogP contribution < -0.4 is 10.0 Å². The number of nitrogens with one attached hydrogen (secondary N) is 2. The molecule has 0 bridgehead atoms. The van der Waals surface area contributed by atoms with E-state index in [1.165, 1.54) is 12.1 Å². The van der Waals surface area contributed by atoms with Gasteiger partial charge in [-0.05, 0) is 37.7 Å². The van der Waals surface area contributed by atoms with Crippen LogP contribution in [0.25, 0.3) is 0 Å². The molecule has 96 valence electrons. The minimum absolute atomic E-state index is 0.0726. The van der Waals surface area contributed by atoms with Gasteiger partial charge < -0.3 is 5.32 Å². The maximum Gasteiger partial charge on any atom is 0.211 e. The average Bonchev–Trinajstić information content (AvgIpc) is 2.27. The molecule has 1 aromatic carbocycles. The van der Waals surface area contributed by atoms with Crippen molar-refractivity contribution in [3.05, 3.63) is 35.6 Å². The van der Waals surface area contributed by atoms with Gasteiger partial charge in [-0.3, -0.25) is 0 Å². The summed E-state index contributed by atoms with van der Waals surface area (Å²) in [4.78, 5) is 0. The van der Waals surface area contributed by atoms with Gasteiger partial charge in [0.15, 0.2) is 0 Å². The fourth-order valence-corrected chi connectivity index (χ4v) is 2.41. The van der Waals surface area contributed by atoms with E-state index in [1.54, 1.807) is 19.2 Å². The highest BCUT2D eigenvalue weighted by Crippen LogP contribution is 2.03. The Morgan fingerprint density at radius 1 is 1.35 bits per heavy atom. The van der Waals surface area contributed by atoms with Crippen molar-refractivity contribution in [1.29, 1.82) is 0 Å². The smallest absolute Gasteiger partial charge is 0.211 e. The molecule has 0 aliphatic heterocycles. The first kappa shape index (κ1) is 14.1. The van der Waals surface area contributed by atoms with E-state index in [9.17, 15) is 12.8 Å². The summed E-state index contributed by atoms with van der Waals surface area (Å²) in [5.41, 5.74) is 0.613. The summed E-state index contributed by atoms with van der Waals surface area (Å²) in [5.74, 6) is -0.291. The highest BCUT2D eigenvalue weighted by atomic mass is 32.2. The first-order valence-electron chi connectivity index (χ1n) is 5.40. The molecule has 0 aromatic heterocycles. The highest BCUT2D eigenvalue weighted by Gasteiger charge is 2.09. The van der Waals surface area contributed by atoms with Crippen LogP contribution in [-0.4, -0.2) is 27.8 Å². The quantitative estimate of drug-likeness (QED) is 0.715. The Bertz CT molecular complexity index is 449. The van der Waals surface area contributed by atoms with Crippen molar-refractivity contribution in [3.8, 4) is 0 Å². The summed E-state index contributed by atoms with van der Waals surface area (Å²) >= 11 is 0. The lowest BCUT2D eigenvalue weighted by Crippen LogP contribution is -2.27. The molecule has 0 radical (unpaired) electrons. The predicted molar refractivity (Wildman–Crippen MR) is 65.6 cm³/mol. The topological polar surface area (TPSA) is 58.2 Å². The third kappa shape index (κ3) is 5.76. The van der Waals surface area contributed by atoms with Gasteiger partial charge in [0, 0.05) is 6.54 Å². The van der Waals surface area contributed by atoms with Gasteiger partial charge in [-0.1, -0.05) is 12.1 Å². The van der Waals surface area contributed by atoms with Crippen molar-refractivity contribution in [3.63, 3.8) is 0 Å². The minimum atomic E-state index is -3.28. The third-order valence-corrected chi connectivity index (χ3v) is 3.64. The number of rotatable bonds is 7. The number of benzene rings is 1. The fourth-order valence-electron chi connectivity index (χ4n) is 1.35. The molecule has 1 rings (SSSR count). The molecule has 0 heterocycles. The van der Waals surface area contributed by atoms with Crippen LogP contribution in [0.1, 0.15) is 12.0 Å². The second kappa shape index (κ2) is 6.68. The van der Waals surface area contributed by atoms with Crippen LogP contribution in [0.2, 0.25) is 0 Å². The van der Waals surface area contributed by atoms with E-state index >= 15 is 0 Å². The number of hydrogen-bond acceptors (Lipinski definition) is 3. The largest absolute Gasteiger partial charge is 0.320 e. The van der Waals surface area contributed by atoms with Gasteiger partial charge in [0.1, 0.15) is 5.82 Å². The summed E-state index contributed by atoms with van der Waals surface area (Å²) in [7, 11) is -1.51. The zero-order chi connectivity index (χ0) is 12.7. The van der Waals surface area contributed by atoms with Gasteiger partial charge in [0.25, 0.3) is 0 Å². The summed E-state index contributed by atoms with van der Waals surface area (Å²) in [6.07, 6.45) is 0.551. The van der Waals surface area contributed by atoms with Crippen molar-refractivity contribution in [2.24, 2.45) is 0 Å². The molecular formula is C11H17FN2O2S. The summed E-state index contributed by atoms with van der Waals surface area (Å²) in [6.45, 7) is 0.778. The van der Waals surface area contributed by atoms with Crippen molar-refractivity contribution < 1.29 is 12.8 Å². The Hall–Kier alpha value is -0.980. The fraction of sp³-hybridized carbons (Fsp3) is 0.455. The first-order valence-corrected chi connectivity index (χ1v) is 7.05. The van der Waals surface area contributed by atoms with Crippen molar-refractivity contribution >= 4 is 10.0 Å². The van der Waals surface area contributed by atoms with Crippen LogP contribution in [0.15, 0.2) is 24.3 Å². The lowest BCUT2D eigenvalue weighted by Gasteiger charge is -2.06. The van der Waals surface area contributed by atoms with Crippen molar-refractivity contribution in [1.82, 2.24) is 10.0 Å². The molecule has 6 heteroatoms. The van der Waals surface area contributed by atoms with E-state index in [-0.39, 0.29) is 18.1 Å². The Morgan fingerprint density at radius 2 is 2.12 bits per heavy atom. The Morgan fingerprint density at radius 3 is 2.76 bits per heavy atom. The molecule has 0 aliphatic rings. The van der Waals surface area contributed by atoms with E-state index in [0.29, 0.717) is 18.5 Å². The molecule has 1 aromatic rings. The number of hydrogen-bond donors (Lipinski definition) is 2. The highest BCUT2D eigenvalue weighted by molar-refractivity contribution is 7.89. The molecule has 0 atom stereocenters. The summed E-state index contributed by atoms with van der Waals surface area (Å²) in [6, 6.07) is 5.88. The molecule has 0 saturated carbocycles. The maximum absolute atomic E-state index is 12.9. The maximum atomic E-state index is 12.9. The first-order chi connectivity index (χ1) is 8.03. The van der Waals surface area contributed by atoms with Crippen molar-refractivity contribution in [2.45, 2.75) is 13.0 Å². The van der Waals surface area contributed by atoms with Gasteiger partial charge in [-0.25, -0.2) is 17.5 Å². The Balaban J connectivity index is 2.44. The summed E-state index contributed by atoms with van der Waals surface area (Å²) in [5, 5.41) is 2.88. The molecule has 4 nitrogen and oxygen atoms in total. The Labute approximate surface area is 101 Å². The van der Waals surface area contributed by atoms with Crippen LogP contribution in [-0.2, 0) is 16.6 Å². The van der Waals surface area contributed by atoms with E-state index < -0.39 is 10.0 Å². The summed E-state index contributed by atoms with van der Waals surface area (Å²) < 4.78 is 38.4. The van der Waals surface area contributed by atoms with E-state index in [1.807, 2.05) is 0 Å². The monoisotopic (exact) mass is 260 g/mol. The second-order valence-electron chi connectivity index (χ2n) is 3.73. The minimum Gasteiger partial charge on any atom is -0.320 e. The van der Waals surface area contributed by atoms with E-state index in [2.05, 4.69) is 10.0 Å². The molecule has 0 unspecified atom stereocenters. The van der Waals surface area contributed by atoms with Gasteiger partial charge in [0.05, 0.1) is 5.75 Å². The molecule has 0 amide bonds. The molecule has 0 spiro atoms. The standard InChI is InChI=1S/C11H17FN2O2S/c1-13-6-3-7-17(15,16)14-9-10-4-2-5-11(12)8-10/h2,4-5,8,13-14H,3,6-7,9H2,1H3. The lowest BCUT2D eigenvalue weighted by molar-refractivity contribution is 0.576. The predicted octanol–water partition coefficient (Wildman–Crippen LogP) is 0.855. The molecule has 2 N–H and O–H groups in total. The van der Waals surface area contributed by atoms with Crippen LogP contribution in [0, 0.1) is 5.82 Å². The van der Waals surface area contributed by atoms with Crippen LogP contribution in [0.4, 0.5) is 4.39 Å². The van der Waals surface area contributed by atoms with Gasteiger partial charge in [-0.15, -0.1) is 0 Å². The van der Waals surface area contributed by atoms with Gasteiger partial charge in [-0.2, -0.15) is 0 Å². The number of sulfonamides is 1. The molecular weight excluding hydrogens is 243 g/mol. The second-order valence-corrected chi connectivity index (χ2v) is 5.65. The Kier molecular flexibility index (Phi) is 5.54. The molecule has 0 fully saturated rings. The number of halogens is 1. The molecule has 17 heavy (non-hydrogen) atoms. The SMILES string of the molecule is CNCCCS(=O)(=O)NCc1cccc(F)c1. The van der Waals surface area contributed by atoms with Crippen LogP contribution >= 0.6 is 0 Å². The molecule has 0 aliphatic carbocycles. The lowest BCUT2D eigenvalue weighted by atomic mass is 10.2.